The van der Waals surface area contributed by atoms with Crippen LogP contribution in [0.15, 0.2) is 48.5 Å². The van der Waals surface area contributed by atoms with Crippen LogP contribution in [0.1, 0.15) is 40.7 Å². The van der Waals surface area contributed by atoms with E-state index in [0.29, 0.717) is 19.1 Å². The van der Waals surface area contributed by atoms with Crippen molar-refractivity contribution >= 4 is 5.91 Å². The predicted molar refractivity (Wildman–Crippen MR) is 100 cm³/mol. The highest BCUT2D eigenvalue weighted by molar-refractivity contribution is 5.94. The number of hydrogen-bond acceptors (Lipinski definition) is 2. The summed E-state index contributed by atoms with van der Waals surface area (Å²) in [4.78, 5) is 14.5. The van der Waals surface area contributed by atoms with Crippen molar-refractivity contribution in [3.63, 3.8) is 0 Å². The third-order valence-electron chi connectivity index (χ3n) is 5.05. The van der Waals surface area contributed by atoms with Crippen molar-refractivity contribution in [3.05, 3.63) is 71.0 Å². The van der Waals surface area contributed by atoms with Gasteiger partial charge in [-0.05, 0) is 61.9 Å². The molecule has 3 nitrogen and oxygen atoms in total. The van der Waals surface area contributed by atoms with Crippen molar-refractivity contribution < 1.29 is 13.9 Å². The molecule has 1 fully saturated rings. The van der Waals surface area contributed by atoms with E-state index in [-0.39, 0.29) is 11.7 Å². The Labute approximate surface area is 154 Å². The highest BCUT2D eigenvalue weighted by Crippen LogP contribution is 2.22. The molecule has 0 spiro atoms. The van der Waals surface area contributed by atoms with Gasteiger partial charge >= 0.3 is 0 Å². The first-order chi connectivity index (χ1) is 12.6. The number of piperidine rings is 1. The van der Waals surface area contributed by atoms with Crippen LogP contribution in [0.4, 0.5) is 4.39 Å². The molecular formula is C22H26FNO2. The second-order valence-electron chi connectivity index (χ2n) is 7.07. The molecule has 3 rings (SSSR count). The minimum atomic E-state index is -0.222. The molecule has 0 unspecified atom stereocenters. The van der Waals surface area contributed by atoms with Gasteiger partial charge in [-0.1, -0.05) is 29.8 Å². The van der Waals surface area contributed by atoms with Crippen LogP contribution < -0.4 is 0 Å². The van der Waals surface area contributed by atoms with Crippen LogP contribution in [0.5, 0.6) is 0 Å². The van der Waals surface area contributed by atoms with Gasteiger partial charge in [0.05, 0.1) is 6.61 Å². The first kappa shape index (κ1) is 18.6. The largest absolute Gasteiger partial charge is 0.377 e. The zero-order chi connectivity index (χ0) is 18.4. The van der Waals surface area contributed by atoms with Crippen molar-refractivity contribution in [2.45, 2.75) is 32.8 Å². The molecule has 1 amide bonds. The van der Waals surface area contributed by atoms with Gasteiger partial charge in [0.1, 0.15) is 5.82 Å². The number of nitrogens with zero attached hydrogens (tertiary/aromatic N) is 1. The Kier molecular flexibility index (Phi) is 6.40. The summed E-state index contributed by atoms with van der Waals surface area (Å²) in [6.07, 6.45) is 3.06. The normalized spacial score (nSPS) is 15.2. The fourth-order valence-electron chi connectivity index (χ4n) is 3.32. The van der Waals surface area contributed by atoms with Crippen LogP contribution in [-0.2, 0) is 11.3 Å². The lowest BCUT2D eigenvalue weighted by Gasteiger charge is -2.32. The van der Waals surface area contributed by atoms with Crippen LogP contribution in [0.3, 0.4) is 0 Å². The summed E-state index contributed by atoms with van der Waals surface area (Å²) in [6, 6.07) is 14.2. The highest BCUT2D eigenvalue weighted by Gasteiger charge is 2.23. The first-order valence-electron chi connectivity index (χ1n) is 9.30. The van der Waals surface area contributed by atoms with Crippen molar-refractivity contribution in [2.24, 2.45) is 5.92 Å². The molecule has 1 aliphatic heterocycles. The van der Waals surface area contributed by atoms with Crippen LogP contribution in [0.2, 0.25) is 0 Å². The lowest BCUT2D eigenvalue weighted by atomic mass is 9.93. The van der Waals surface area contributed by atoms with Crippen molar-refractivity contribution in [1.82, 2.24) is 4.90 Å². The Morgan fingerprint density at radius 2 is 1.73 bits per heavy atom. The smallest absolute Gasteiger partial charge is 0.253 e. The molecule has 0 bridgehead atoms. The van der Waals surface area contributed by atoms with Gasteiger partial charge in [0, 0.05) is 25.3 Å². The third kappa shape index (κ3) is 5.15. The minimum absolute atomic E-state index is 0.135. The number of benzene rings is 2. The van der Waals surface area contributed by atoms with Gasteiger partial charge in [-0.3, -0.25) is 4.79 Å². The molecule has 0 N–H and O–H groups in total. The number of amides is 1. The van der Waals surface area contributed by atoms with E-state index < -0.39 is 0 Å². The van der Waals surface area contributed by atoms with Crippen LogP contribution in [0.25, 0.3) is 0 Å². The van der Waals surface area contributed by atoms with Crippen molar-refractivity contribution in [2.75, 3.05) is 19.7 Å². The van der Waals surface area contributed by atoms with E-state index in [9.17, 15) is 9.18 Å². The van der Waals surface area contributed by atoms with E-state index in [2.05, 4.69) is 0 Å². The number of carbonyl (C=O) groups is 1. The maximum absolute atomic E-state index is 12.9. The summed E-state index contributed by atoms with van der Waals surface area (Å²) < 4.78 is 18.6. The number of ether oxygens (including phenoxy) is 1. The molecule has 0 saturated carbocycles. The van der Waals surface area contributed by atoms with E-state index in [1.807, 2.05) is 36.1 Å². The Morgan fingerprint density at radius 1 is 1.08 bits per heavy atom. The van der Waals surface area contributed by atoms with E-state index in [4.69, 9.17) is 4.74 Å². The second-order valence-corrected chi connectivity index (χ2v) is 7.07. The molecule has 0 atom stereocenters. The maximum Gasteiger partial charge on any atom is 0.253 e. The number of halogens is 1. The summed E-state index contributed by atoms with van der Waals surface area (Å²) in [6.45, 7) is 4.88. The summed E-state index contributed by atoms with van der Waals surface area (Å²) in [5.41, 5.74) is 2.93. The number of likely N-dealkylation sites (tertiary alicyclic amines) is 1. The summed E-state index contributed by atoms with van der Waals surface area (Å²) >= 11 is 0. The zero-order valence-electron chi connectivity index (χ0n) is 15.3. The molecule has 0 radical (unpaired) electrons. The van der Waals surface area contributed by atoms with Gasteiger partial charge in [-0.25, -0.2) is 4.39 Å². The predicted octanol–water partition coefficient (Wildman–Crippen LogP) is 4.59. The van der Waals surface area contributed by atoms with Crippen LogP contribution >= 0.6 is 0 Å². The Bertz CT molecular complexity index is 704. The zero-order valence-corrected chi connectivity index (χ0v) is 15.3. The molecule has 26 heavy (non-hydrogen) atoms. The SMILES string of the molecule is Cc1ccc(C(=O)N2CCC(CCOCc3ccc(F)cc3)CC2)cc1. The first-order valence-corrected chi connectivity index (χ1v) is 9.30. The third-order valence-corrected chi connectivity index (χ3v) is 5.05. The van der Waals surface area contributed by atoms with Crippen molar-refractivity contribution in [3.8, 4) is 0 Å². The lowest BCUT2D eigenvalue weighted by Crippen LogP contribution is -2.38. The molecule has 138 valence electrons. The Balaban J connectivity index is 1.36. The minimum Gasteiger partial charge on any atom is -0.377 e. The molecular weight excluding hydrogens is 329 g/mol. The Morgan fingerprint density at radius 3 is 2.38 bits per heavy atom. The molecule has 2 aromatic rings. The topological polar surface area (TPSA) is 29.5 Å². The molecule has 1 heterocycles. The fraction of sp³-hybridized carbons (Fsp3) is 0.409. The molecule has 1 saturated heterocycles. The van der Waals surface area contributed by atoms with E-state index in [1.54, 1.807) is 12.1 Å². The second kappa shape index (κ2) is 8.95. The van der Waals surface area contributed by atoms with Gasteiger partial charge < -0.3 is 9.64 Å². The average molecular weight is 355 g/mol. The maximum atomic E-state index is 12.9. The number of rotatable bonds is 6. The van der Waals surface area contributed by atoms with Gasteiger partial charge in [-0.2, -0.15) is 0 Å². The lowest BCUT2D eigenvalue weighted by molar-refractivity contribution is 0.0639. The van der Waals surface area contributed by atoms with Gasteiger partial charge in [0.2, 0.25) is 0 Å². The standard InChI is InChI=1S/C22H26FNO2/c1-17-2-6-20(7-3-17)22(25)24-13-10-18(11-14-24)12-15-26-16-19-4-8-21(23)9-5-19/h2-9,18H,10-16H2,1H3. The molecule has 0 aliphatic carbocycles. The summed E-state index contributed by atoms with van der Waals surface area (Å²) in [5, 5.41) is 0. The van der Waals surface area contributed by atoms with Gasteiger partial charge in [0.15, 0.2) is 0 Å². The molecule has 2 aromatic carbocycles. The van der Waals surface area contributed by atoms with Gasteiger partial charge in [0.25, 0.3) is 5.91 Å². The monoisotopic (exact) mass is 355 g/mol. The molecule has 0 aromatic heterocycles. The number of aryl methyl sites for hydroxylation is 1. The van der Waals surface area contributed by atoms with Crippen LogP contribution in [0, 0.1) is 18.7 Å². The van der Waals surface area contributed by atoms with Crippen molar-refractivity contribution in [1.29, 1.82) is 0 Å². The summed E-state index contributed by atoms with van der Waals surface area (Å²) in [5.74, 6) is 0.516. The molecule has 1 aliphatic rings. The number of carbonyl (C=O) groups excluding carboxylic acids is 1. The van der Waals surface area contributed by atoms with Gasteiger partial charge in [-0.15, -0.1) is 0 Å². The molecule has 4 heteroatoms. The Hall–Kier alpha value is -2.20. The van der Waals surface area contributed by atoms with E-state index in [0.717, 1.165) is 43.5 Å². The average Bonchev–Trinajstić information content (AvgIpc) is 2.67. The number of hydrogen-bond donors (Lipinski definition) is 0. The summed E-state index contributed by atoms with van der Waals surface area (Å²) in [7, 11) is 0. The highest BCUT2D eigenvalue weighted by atomic mass is 19.1. The van der Waals surface area contributed by atoms with E-state index >= 15 is 0 Å². The quantitative estimate of drug-likeness (QED) is 0.709. The van der Waals surface area contributed by atoms with E-state index in [1.165, 1.54) is 17.7 Å². The fourth-order valence-corrected chi connectivity index (χ4v) is 3.32. The van der Waals surface area contributed by atoms with Crippen LogP contribution in [-0.4, -0.2) is 30.5 Å².